The van der Waals surface area contributed by atoms with Crippen LogP contribution < -0.4 is 4.72 Å². The molecule has 0 saturated carbocycles. The summed E-state index contributed by atoms with van der Waals surface area (Å²) in [6, 6.07) is 1.54. The minimum atomic E-state index is -3.46. The molecule has 0 aromatic carbocycles. The third-order valence-corrected chi connectivity index (χ3v) is 5.23. The van der Waals surface area contributed by atoms with Crippen molar-refractivity contribution in [2.24, 2.45) is 13.0 Å². The molecule has 0 aliphatic carbocycles. The fourth-order valence-electron chi connectivity index (χ4n) is 2.78. The van der Waals surface area contributed by atoms with E-state index in [4.69, 9.17) is 4.74 Å². The standard InChI is InChI=1S/C14H20N4O4S/c1-18-6-5-15-14(18)13-11(3-2-7-21-13)9-16-23(19,20)10-12-4-8-22-17-12/h4-6,8,11,13,16H,2-3,7,9-10H2,1H3/t11-,13+/m0/s1. The zero-order valence-corrected chi connectivity index (χ0v) is 13.7. The lowest BCUT2D eigenvalue weighted by Gasteiger charge is -2.31. The van der Waals surface area contributed by atoms with E-state index in [1.54, 1.807) is 12.3 Å². The van der Waals surface area contributed by atoms with Gasteiger partial charge in [0.05, 0.1) is 5.69 Å². The molecule has 9 heteroatoms. The van der Waals surface area contributed by atoms with Gasteiger partial charge in [-0.2, -0.15) is 0 Å². The predicted molar refractivity (Wildman–Crippen MR) is 81.8 cm³/mol. The van der Waals surface area contributed by atoms with Crippen LogP contribution in [0.15, 0.2) is 29.2 Å². The highest BCUT2D eigenvalue weighted by Crippen LogP contribution is 2.32. The fraction of sp³-hybridized carbons (Fsp3) is 0.571. The van der Waals surface area contributed by atoms with E-state index in [9.17, 15) is 8.42 Å². The maximum atomic E-state index is 12.1. The summed E-state index contributed by atoms with van der Waals surface area (Å²) >= 11 is 0. The smallest absolute Gasteiger partial charge is 0.217 e. The maximum absolute atomic E-state index is 12.1. The Morgan fingerprint density at radius 3 is 3.04 bits per heavy atom. The van der Waals surface area contributed by atoms with E-state index < -0.39 is 10.0 Å². The van der Waals surface area contributed by atoms with Gasteiger partial charge in [-0.05, 0) is 12.8 Å². The Kier molecular flexibility index (Phi) is 4.79. The molecule has 1 saturated heterocycles. The Morgan fingerprint density at radius 1 is 1.48 bits per heavy atom. The van der Waals surface area contributed by atoms with Gasteiger partial charge in [-0.25, -0.2) is 18.1 Å². The van der Waals surface area contributed by atoms with Crippen molar-refractivity contribution < 1.29 is 17.7 Å². The van der Waals surface area contributed by atoms with Crippen LogP contribution in [0.1, 0.15) is 30.5 Å². The molecule has 3 heterocycles. The molecule has 2 atom stereocenters. The van der Waals surface area contributed by atoms with Crippen molar-refractivity contribution in [3.05, 3.63) is 36.2 Å². The second kappa shape index (κ2) is 6.81. The topological polar surface area (TPSA) is 99.2 Å². The van der Waals surface area contributed by atoms with Gasteiger partial charge in [0.1, 0.15) is 23.9 Å². The number of nitrogens with zero attached hydrogens (tertiary/aromatic N) is 3. The molecule has 126 valence electrons. The number of ether oxygens (including phenoxy) is 1. The van der Waals surface area contributed by atoms with Crippen LogP contribution in [0.4, 0.5) is 0 Å². The largest absolute Gasteiger partial charge is 0.370 e. The Bertz CT molecular complexity index is 726. The van der Waals surface area contributed by atoms with Crippen LogP contribution >= 0.6 is 0 Å². The Hall–Kier alpha value is -1.71. The second-order valence-electron chi connectivity index (χ2n) is 5.69. The molecule has 2 aromatic rings. The third kappa shape index (κ3) is 3.98. The van der Waals surface area contributed by atoms with E-state index in [2.05, 4.69) is 19.4 Å². The summed E-state index contributed by atoms with van der Waals surface area (Å²) in [4.78, 5) is 4.33. The summed E-state index contributed by atoms with van der Waals surface area (Å²) in [5, 5.41) is 3.63. The zero-order chi connectivity index (χ0) is 16.3. The molecule has 23 heavy (non-hydrogen) atoms. The molecule has 1 N–H and O–H groups in total. The van der Waals surface area contributed by atoms with Crippen LogP contribution in [0.2, 0.25) is 0 Å². The van der Waals surface area contributed by atoms with Gasteiger partial charge in [0, 0.05) is 44.6 Å². The molecule has 1 fully saturated rings. The number of nitrogens with one attached hydrogen (secondary N) is 1. The first kappa shape index (κ1) is 16.2. The van der Waals surface area contributed by atoms with E-state index in [-0.39, 0.29) is 17.8 Å². The van der Waals surface area contributed by atoms with E-state index in [0.29, 0.717) is 18.8 Å². The van der Waals surface area contributed by atoms with Crippen molar-refractivity contribution in [3.8, 4) is 0 Å². The Labute approximate surface area is 134 Å². The van der Waals surface area contributed by atoms with Crippen molar-refractivity contribution in [1.29, 1.82) is 0 Å². The van der Waals surface area contributed by atoms with Gasteiger partial charge in [0.15, 0.2) is 0 Å². The van der Waals surface area contributed by atoms with E-state index >= 15 is 0 Å². The number of imidazole rings is 1. The zero-order valence-electron chi connectivity index (χ0n) is 12.9. The highest BCUT2D eigenvalue weighted by atomic mass is 32.2. The Morgan fingerprint density at radius 2 is 2.35 bits per heavy atom. The van der Waals surface area contributed by atoms with Crippen LogP contribution in [0.5, 0.6) is 0 Å². The van der Waals surface area contributed by atoms with Crippen molar-refractivity contribution in [2.75, 3.05) is 13.2 Å². The predicted octanol–water partition coefficient (Wildman–Crippen LogP) is 0.995. The van der Waals surface area contributed by atoms with Crippen LogP contribution in [-0.4, -0.2) is 36.3 Å². The SMILES string of the molecule is Cn1ccnc1[C@@H]1OCCC[C@H]1CNS(=O)(=O)Cc1ccon1. The normalized spacial score (nSPS) is 22.3. The lowest BCUT2D eigenvalue weighted by atomic mass is 9.94. The average Bonchev–Trinajstić information content (AvgIpc) is 3.17. The molecule has 2 aromatic heterocycles. The van der Waals surface area contributed by atoms with Gasteiger partial charge < -0.3 is 13.8 Å². The summed E-state index contributed by atoms with van der Waals surface area (Å²) in [6.45, 7) is 0.984. The lowest BCUT2D eigenvalue weighted by molar-refractivity contribution is -0.0328. The third-order valence-electron chi connectivity index (χ3n) is 3.95. The highest BCUT2D eigenvalue weighted by molar-refractivity contribution is 7.88. The van der Waals surface area contributed by atoms with Gasteiger partial charge in [-0.15, -0.1) is 0 Å². The molecule has 1 aliphatic rings. The molecule has 0 amide bonds. The van der Waals surface area contributed by atoms with Gasteiger partial charge in [-0.3, -0.25) is 0 Å². The summed E-state index contributed by atoms with van der Waals surface area (Å²) in [5.41, 5.74) is 0.387. The molecule has 0 unspecified atom stereocenters. The van der Waals surface area contributed by atoms with Crippen LogP contribution in [-0.2, 0) is 27.6 Å². The number of rotatable bonds is 6. The molecular formula is C14H20N4O4S. The van der Waals surface area contributed by atoms with Crippen molar-refractivity contribution in [1.82, 2.24) is 19.4 Å². The molecule has 0 spiro atoms. The first-order chi connectivity index (χ1) is 11.1. The first-order valence-corrected chi connectivity index (χ1v) is 9.16. The lowest BCUT2D eigenvalue weighted by Crippen LogP contribution is -2.36. The van der Waals surface area contributed by atoms with Gasteiger partial charge in [0.25, 0.3) is 0 Å². The van der Waals surface area contributed by atoms with E-state index in [1.807, 2.05) is 17.8 Å². The number of aryl methyl sites for hydroxylation is 1. The van der Waals surface area contributed by atoms with Crippen molar-refractivity contribution in [3.63, 3.8) is 0 Å². The second-order valence-corrected chi connectivity index (χ2v) is 7.50. The summed E-state index contributed by atoms with van der Waals surface area (Å²) in [5.74, 6) is 0.687. The first-order valence-electron chi connectivity index (χ1n) is 7.50. The van der Waals surface area contributed by atoms with Crippen LogP contribution in [0.25, 0.3) is 0 Å². The minimum absolute atomic E-state index is 0.0527. The monoisotopic (exact) mass is 340 g/mol. The van der Waals surface area contributed by atoms with Crippen molar-refractivity contribution in [2.45, 2.75) is 24.7 Å². The molecule has 8 nitrogen and oxygen atoms in total. The van der Waals surface area contributed by atoms with E-state index in [1.165, 1.54) is 6.26 Å². The number of aromatic nitrogens is 3. The summed E-state index contributed by atoms with van der Waals surface area (Å²) < 4.78 is 39.4. The molecule has 1 aliphatic heterocycles. The summed E-state index contributed by atoms with van der Waals surface area (Å²) in [7, 11) is -1.55. The van der Waals surface area contributed by atoms with Crippen LogP contribution in [0, 0.1) is 5.92 Å². The molecule has 0 radical (unpaired) electrons. The van der Waals surface area contributed by atoms with Crippen molar-refractivity contribution >= 4 is 10.0 Å². The van der Waals surface area contributed by atoms with Gasteiger partial charge in [-0.1, -0.05) is 5.16 Å². The molecule has 0 bridgehead atoms. The van der Waals surface area contributed by atoms with Gasteiger partial charge in [0.2, 0.25) is 10.0 Å². The quantitative estimate of drug-likeness (QED) is 0.842. The molecular weight excluding hydrogens is 320 g/mol. The minimum Gasteiger partial charge on any atom is -0.370 e. The van der Waals surface area contributed by atoms with Gasteiger partial charge >= 0.3 is 0 Å². The number of hydrogen-bond acceptors (Lipinski definition) is 6. The maximum Gasteiger partial charge on any atom is 0.217 e. The fourth-order valence-corrected chi connectivity index (χ4v) is 3.89. The highest BCUT2D eigenvalue weighted by Gasteiger charge is 2.31. The van der Waals surface area contributed by atoms with Crippen LogP contribution in [0.3, 0.4) is 0 Å². The Balaban J connectivity index is 1.64. The average molecular weight is 340 g/mol. The molecule has 3 rings (SSSR count). The number of sulfonamides is 1. The number of hydrogen-bond donors (Lipinski definition) is 1. The summed E-state index contributed by atoms with van der Waals surface area (Å²) in [6.07, 6.45) is 6.55. The van der Waals surface area contributed by atoms with E-state index in [0.717, 1.165) is 18.7 Å².